The number of aryl methyl sites for hydroxylation is 1. The zero-order valence-electron chi connectivity index (χ0n) is 11.7. The van der Waals surface area contributed by atoms with E-state index in [2.05, 4.69) is 15.5 Å². The molecule has 20 heavy (non-hydrogen) atoms. The Kier molecular flexibility index (Phi) is 3.93. The van der Waals surface area contributed by atoms with E-state index < -0.39 is 5.97 Å². The summed E-state index contributed by atoms with van der Waals surface area (Å²) in [4.78, 5) is 11.7. The molecule has 4 N–H and O–H groups in total. The Morgan fingerprint density at radius 1 is 1.50 bits per heavy atom. The summed E-state index contributed by atoms with van der Waals surface area (Å²) in [6.07, 6.45) is 3.58. The van der Waals surface area contributed by atoms with Crippen LogP contribution in [0.3, 0.4) is 0 Å². The van der Waals surface area contributed by atoms with Gasteiger partial charge >= 0.3 is 5.97 Å². The van der Waals surface area contributed by atoms with Crippen LogP contribution in [-0.2, 0) is 4.74 Å². The molecule has 1 aromatic carbocycles. The molecule has 0 radical (unpaired) electrons. The van der Waals surface area contributed by atoms with E-state index in [4.69, 9.17) is 10.5 Å². The van der Waals surface area contributed by atoms with E-state index >= 15 is 0 Å². The van der Waals surface area contributed by atoms with Crippen LogP contribution in [-0.4, -0.2) is 23.3 Å². The van der Waals surface area contributed by atoms with E-state index in [1.165, 1.54) is 7.11 Å². The molecule has 0 aliphatic rings. The van der Waals surface area contributed by atoms with Gasteiger partial charge in [-0.25, -0.2) is 4.79 Å². The van der Waals surface area contributed by atoms with Crippen LogP contribution < -0.4 is 11.1 Å². The Morgan fingerprint density at radius 3 is 2.85 bits per heavy atom. The van der Waals surface area contributed by atoms with Gasteiger partial charge in [0.2, 0.25) is 0 Å². The van der Waals surface area contributed by atoms with Gasteiger partial charge in [0.1, 0.15) is 0 Å². The zero-order chi connectivity index (χ0) is 14.7. The Morgan fingerprint density at radius 2 is 2.25 bits per heavy atom. The Hall–Kier alpha value is -2.50. The smallest absolute Gasteiger partial charge is 0.340 e. The molecule has 1 atom stereocenters. The number of aromatic nitrogens is 2. The van der Waals surface area contributed by atoms with Gasteiger partial charge in [0.05, 0.1) is 24.9 Å². The lowest BCUT2D eigenvalue weighted by atomic mass is 10.1. The Bertz CT molecular complexity index is 608. The fraction of sp³-hybridized carbons (Fsp3) is 0.286. The number of methoxy groups -OCH3 is 1. The highest BCUT2D eigenvalue weighted by Gasteiger charge is 2.15. The van der Waals surface area contributed by atoms with Crippen molar-refractivity contribution in [2.24, 2.45) is 0 Å². The average Bonchev–Trinajstić information content (AvgIpc) is 2.96. The molecule has 6 heteroatoms. The highest BCUT2D eigenvalue weighted by Crippen LogP contribution is 2.26. The van der Waals surface area contributed by atoms with Gasteiger partial charge in [-0.05, 0) is 31.5 Å². The van der Waals surface area contributed by atoms with Gasteiger partial charge in [-0.1, -0.05) is 0 Å². The highest BCUT2D eigenvalue weighted by atomic mass is 16.5. The topological polar surface area (TPSA) is 93.0 Å². The predicted octanol–water partition coefficient (Wildman–Crippen LogP) is 2.26. The van der Waals surface area contributed by atoms with Crippen LogP contribution in [0, 0.1) is 6.92 Å². The molecule has 0 saturated heterocycles. The minimum atomic E-state index is -0.440. The van der Waals surface area contributed by atoms with Gasteiger partial charge in [0.15, 0.2) is 0 Å². The minimum Gasteiger partial charge on any atom is -0.465 e. The number of nitrogens with one attached hydrogen (secondary N) is 2. The third-order valence-electron chi connectivity index (χ3n) is 3.19. The predicted molar refractivity (Wildman–Crippen MR) is 77.6 cm³/mol. The number of nitrogens with zero attached hydrogens (tertiary/aromatic N) is 1. The van der Waals surface area contributed by atoms with Crippen molar-refractivity contribution in [1.29, 1.82) is 0 Å². The molecular weight excluding hydrogens is 256 g/mol. The SMILES string of the molecule is COC(=O)c1cc(NC(C)c2cn[nH]c2)cc(C)c1N. The van der Waals surface area contributed by atoms with E-state index in [0.29, 0.717) is 11.3 Å². The number of hydrogen-bond acceptors (Lipinski definition) is 5. The summed E-state index contributed by atoms with van der Waals surface area (Å²) < 4.78 is 4.74. The molecule has 1 unspecified atom stereocenters. The molecule has 106 valence electrons. The third kappa shape index (κ3) is 2.74. The van der Waals surface area contributed by atoms with Gasteiger partial charge < -0.3 is 15.8 Å². The number of aromatic amines is 1. The first kappa shape index (κ1) is 13.9. The van der Waals surface area contributed by atoms with Crippen molar-refractivity contribution in [2.45, 2.75) is 19.9 Å². The first-order chi connectivity index (χ1) is 9.52. The van der Waals surface area contributed by atoms with Crippen LogP contribution in [0.15, 0.2) is 24.5 Å². The second-order valence-electron chi connectivity index (χ2n) is 4.64. The normalized spacial score (nSPS) is 11.9. The number of carbonyl (C=O) groups excluding carboxylic acids is 1. The van der Waals surface area contributed by atoms with Gasteiger partial charge in [-0.3, -0.25) is 5.10 Å². The molecular formula is C14H18N4O2. The molecule has 0 spiro atoms. The maximum absolute atomic E-state index is 11.7. The van der Waals surface area contributed by atoms with Crippen molar-refractivity contribution in [1.82, 2.24) is 10.2 Å². The number of carbonyl (C=O) groups is 1. The van der Waals surface area contributed by atoms with E-state index in [-0.39, 0.29) is 6.04 Å². The summed E-state index contributed by atoms with van der Waals surface area (Å²) in [7, 11) is 1.34. The Labute approximate surface area is 117 Å². The summed E-state index contributed by atoms with van der Waals surface area (Å²) >= 11 is 0. The second-order valence-corrected chi connectivity index (χ2v) is 4.64. The minimum absolute atomic E-state index is 0.0577. The molecule has 0 aliphatic carbocycles. The monoisotopic (exact) mass is 274 g/mol. The summed E-state index contributed by atoms with van der Waals surface area (Å²) in [6, 6.07) is 3.66. The van der Waals surface area contributed by atoms with Crippen molar-refractivity contribution in [3.05, 3.63) is 41.2 Å². The third-order valence-corrected chi connectivity index (χ3v) is 3.19. The van der Waals surface area contributed by atoms with Crippen LogP contribution in [0.1, 0.15) is 34.5 Å². The summed E-state index contributed by atoms with van der Waals surface area (Å²) in [5.41, 5.74) is 9.39. The lowest BCUT2D eigenvalue weighted by molar-refractivity contribution is 0.0602. The lowest BCUT2D eigenvalue weighted by Gasteiger charge is -2.16. The fourth-order valence-corrected chi connectivity index (χ4v) is 1.99. The van der Waals surface area contributed by atoms with Gasteiger partial charge in [-0.15, -0.1) is 0 Å². The molecule has 0 amide bonds. The number of nitrogen functional groups attached to an aromatic ring is 1. The standard InChI is InChI=1S/C14H18N4O2/c1-8-4-11(5-12(13(8)15)14(19)20-3)18-9(2)10-6-16-17-7-10/h4-7,9,18H,15H2,1-3H3,(H,16,17). The van der Waals surface area contributed by atoms with E-state index in [0.717, 1.165) is 16.8 Å². The molecule has 1 heterocycles. The number of ether oxygens (including phenoxy) is 1. The summed E-state index contributed by atoms with van der Waals surface area (Å²) in [5.74, 6) is -0.440. The second kappa shape index (κ2) is 5.64. The van der Waals surface area contributed by atoms with Crippen LogP contribution in [0.25, 0.3) is 0 Å². The van der Waals surface area contributed by atoms with Gasteiger partial charge in [0, 0.05) is 23.1 Å². The molecule has 0 aliphatic heterocycles. The van der Waals surface area contributed by atoms with E-state index in [9.17, 15) is 4.79 Å². The van der Waals surface area contributed by atoms with Crippen LogP contribution >= 0.6 is 0 Å². The first-order valence-electron chi connectivity index (χ1n) is 6.26. The number of esters is 1. The number of H-pyrrole nitrogens is 1. The largest absolute Gasteiger partial charge is 0.465 e. The molecule has 2 rings (SSSR count). The van der Waals surface area contributed by atoms with Crippen molar-refractivity contribution >= 4 is 17.3 Å². The summed E-state index contributed by atoms with van der Waals surface area (Å²) in [5, 5.41) is 10.00. The Balaban J connectivity index is 2.29. The molecule has 6 nitrogen and oxygen atoms in total. The highest BCUT2D eigenvalue weighted by molar-refractivity contribution is 5.97. The molecule has 0 saturated carbocycles. The van der Waals surface area contributed by atoms with E-state index in [1.807, 2.05) is 26.1 Å². The number of benzene rings is 1. The number of rotatable bonds is 4. The van der Waals surface area contributed by atoms with Crippen molar-refractivity contribution in [2.75, 3.05) is 18.2 Å². The number of nitrogens with two attached hydrogens (primary N) is 1. The molecule has 0 bridgehead atoms. The molecule has 1 aromatic heterocycles. The van der Waals surface area contributed by atoms with E-state index in [1.54, 1.807) is 12.3 Å². The van der Waals surface area contributed by atoms with Crippen LogP contribution in [0.5, 0.6) is 0 Å². The molecule has 2 aromatic rings. The lowest BCUT2D eigenvalue weighted by Crippen LogP contribution is -2.10. The number of anilines is 2. The van der Waals surface area contributed by atoms with Gasteiger partial charge in [-0.2, -0.15) is 5.10 Å². The zero-order valence-corrected chi connectivity index (χ0v) is 11.7. The summed E-state index contributed by atoms with van der Waals surface area (Å²) in [6.45, 7) is 3.86. The van der Waals surface area contributed by atoms with Gasteiger partial charge in [0.25, 0.3) is 0 Å². The number of hydrogen-bond donors (Lipinski definition) is 3. The molecule has 0 fully saturated rings. The maximum atomic E-state index is 11.7. The van der Waals surface area contributed by atoms with Crippen molar-refractivity contribution in [3.63, 3.8) is 0 Å². The quantitative estimate of drug-likeness (QED) is 0.587. The van der Waals surface area contributed by atoms with Crippen LogP contribution in [0.2, 0.25) is 0 Å². The average molecular weight is 274 g/mol. The van der Waals surface area contributed by atoms with Crippen LogP contribution in [0.4, 0.5) is 11.4 Å². The fourth-order valence-electron chi connectivity index (χ4n) is 1.99. The first-order valence-corrected chi connectivity index (χ1v) is 6.26. The van der Waals surface area contributed by atoms with Crippen molar-refractivity contribution < 1.29 is 9.53 Å². The maximum Gasteiger partial charge on any atom is 0.340 e. The van der Waals surface area contributed by atoms with Crippen molar-refractivity contribution in [3.8, 4) is 0 Å².